The predicted molar refractivity (Wildman–Crippen MR) is 72.9 cm³/mol. The van der Waals surface area contributed by atoms with Gasteiger partial charge in [-0.15, -0.1) is 0 Å². The Labute approximate surface area is 103 Å². The largest absolute Gasteiger partial charge is 0.350 e. The minimum atomic E-state index is 0.311. The second-order valence-corrected chi connectivity index (χ2v) is 4.69. The van der Waals surface area contributed by atoms with Gasteiger partial charge in [-0.3, -0.25) is 0 Å². The Morgan fingerprint density at radius 3 is 2.71 bits per heavy atom. The number of fused-ring (bicyclic) bond motifs is 1. The Hall–Kier alpha value is -1.32. The zero-order valence-electron chi connectivity index (χ0n) is 10.8. The molecule has 0 spiro atoms. The van der Waals surface area contributed by atoms with Crippen LogP contribution in [0.4, 0.5) is 0 Å². The van der Waals surface area contributed by atoms with Gasteiger partial charge >= 0.3 is 0 Å². The number of aryl methyl sites for hydroxylation is 1. The third-order valence-corrected chi connectivity index (χ3v) is 3.51. The molecule has 0 fully saturated rings. The van der Waals surface area contributed by atoms with E-state index in [-0.39, 0.29) is 0 Å². The van der Waals surface area contributed by atoms with E-state index < -0.39 is 0 Å². The first-order chi connectivity index (χ1) is 8.19. The van der Waals surface area contributed by atoms with Crippen LogP contribution in [0, 0.1) is 5.92 Å². The molecule has 1 aromatic heterocycles. The van der Waals surface area contributed by atoms with Gasteiger partial charge in [-0.05, 0) is 31.1 Å². The van der Waals surface area contributed by atoms with Gasteiger partial charge in [0.2, 0.25) is 0 Å². The normalized spacial score (nSPS) is 15.1. The number of nitrogens with zero attached hydrogens (tertiary/aromatic N) is 1. The molecular weight excluding hydrogens is 210 g/mol. The van der Waals surface area contributed by atoms with E-state index in [2.05, 4.69) is 54.3 Å². The number of rotatable bonds is 4. The minimum absolute atomic E-state index is 0.311. The lowest BCUT2D eigenvalue weighted by Gasteiger charge is -2.22. The molecule has 3 N–H and O–H groups in total. The molecule has 3 heteroatoms. The van der Waals surface area contributed by atoms with Crippen LogP contribution in [0.1, 0.15) is 18.5 Å². The molecule has 2 atom stereocenters. The summed E-state index contributed by atoms with van der Waals surface area (Å²) >= 11 is 0. The van der Waals surface area contributed by atoms with Crippen LogP contribution in [0.15, 0.2) is 30.5 Å². The van der Waals surface area contributed by atoms with Crippen LogP contribution in [-0.4, -0.2) is 18.2 Å². The summed E-state index contributed by atoms with van der Waals surface area (Å²) in [7, 11) is 4.09. The molecule has 1 heterocycles. The first-order valence-electron chi connectivity index (χ1n) is 6.10. The molecule has 0 aliphatic heterocycles. The van der Waals surface area contributed by atoms with Crippen molar-refractivity contribution < 1.29 is 0 Å². The van der Waals surface area contributed by atoms with Crippen molar-refractivity contribution in [3.63, 3.8) is 0 Å². The third-order valence-electron chi connectivity index (χ3n) is 3.51. The molecule has 1 aromatic carbocycles. The molecule has 2 aromatic rings. The third kappa shape index (κ3) is 2.08. The molecule has 92 valence electrons. The second kappa shape index (κ2) is 4.90. The SMILES string of the molecule is CNC(c1cn(C)c2ccccc12)C(C)CN. The van der Waals surface area contributed by atoms with Crippen molar-refractivity contribution >= 4 is 10.9 Å². The lowest BCUT2D eigenvalue weighted by molar-refractivity contribution is 0.421. The standard InChI is InChI=1S/C14H21N3/c1-10(8-15)14(16-2)12-9-17(3)13-7-5-4-6-11(12)13/h4-7,9-10,14,16H,8,15H2,1-3H3. The van der Waals surface area contributed by atoms with Crippen molar-refractivity contribution in [3.05, 3.63) is 36.0 Å². The van der Waals surface area contributed by atoms with Crippen LogP contribution in [0.5, 0.6) is 0 Å². The van der Waals surface area contributed by atoms with Crippen LogP contribution >= 0.6 is 0 Å². The van der Waals surface area contributed by atoms with Crippen molar-refractivity contribution in [1.82, 2.24) is 9.88 Å². The van der Waals surface area contributed by atoms with E-state index in [1.54, 1.807) is 0 Å². The maximum Gasteiger partial charge on any atom is 0.0481 e. The van der Waals surface area contributed by atoms with Gasteiger partial charge in [0.1, 0.15) is 0 Å². The highest BCUT2D eigenvalue weighted by Crippen LogP contribution is 2.29. The Bertz CT molecular complexity index is 501. The fourth-order valence-corrected chi connectivity index (χ4v) is 2.50. The summed E-state index contributed by atoms with van der Waals surface area (Å²) in [6, 6.07) is 8.81. The Morgan fingerprint density at radius 1 is 1.35 bits per heavy atom. The van der Waals surface area contributed by atoms with Crippen LogP contribution in [-0.2, 0) is 7.05 Å². The number of aromatic nitrogens is 1. The number of para-hydroxylation sites is 1. The molecule has 3 nitrogen and oxygen atoms in total. The van der Waals surface area contributed by atoms with Crippen LogP contribution in [0.3, 0.4) is 0 Å². The molecule has 2 unspecified atom stereocenters. The maximum atomic E-state index is 5.79. The van der Waals surface area contributed by atoms with Crippen LogP contribution in [0.2, 0.25) is 0 Å². The maximum absolute atomic E-state index is 5.79. The van der Waals surface area contributed by atoms with Crippen molar-refractivity contribution in [1.29, 1.82) is 0 Å². The summed E-state index contributed by atoms with van der Waals surface area (Å²) in [5.74, 6) is 0.422. The molecule has 0 aliphatic carbocycles. The fourth-order valence-electron chi connectivity index (χ4n) is 2.50. The van der Waals surface area contributed by atoms with Gasteiger partial charge in [0.05, 0.1) is 0 Å². The van der Waals surface area contributed by atoms with Gasteiger partial charge in [0.15, 0.2) is 0 Å². The molecule has 0 saturated carbocycles. The molecule has 0 amide bonds. The fraction of sp³-hybridized carbons (Fsp3) is 0.429. The molecule has 2 rings (SSSR count). The van der Waals surface area contributed by atoms with Gasteiger partial charge in [0.25, 0.3) is 0 Å². The summed E-state index contributed by atoms with van der Waals surface area (Å²) in [6.45, 7) is 2.87. The molecule has 0 saturated heterocycles. The van der Waals surface area contributed by atoms with Crippen molar-refractivity contribution in [2.24, 2.45) is 18.7 Å². The number of hydrogen-bond donors (Lipinski definition) is 2. The Kier molecular flexibility index (Phi) is 3.50. The van der Waals surface area contributed by atoms with E-state index >= 15 is 0 Å². The molecule has 0 bridgehead atoms. The van der Waals surface area contributed by atoms with Crippen LogP contribution in [0.25, 0.3) is 10.9 Å². The number of nitrogens with one attached hydrogen (secondary N) is 1. The quantitative estimate of drug-likeness (QED) is 0.845. The lowest BCUT2D eigenvalue weighted by Crippen LogP contribution is -2.28. The van der Waals surface area contributed by atoms with E-state index in [1.165, 1.54) is 16.5 Å². The zero-order valence-corrected chi connectivity index (χ0v) is 10.8. The summed E-state index contributed by atoms with van der Waals surface area (Å²) in [4.78, 5) is 0. The van der Waals surface area contributed by atoms with Gasteiger partial charge in [-0.25, -0.2) is 0 Å². The van der Waals surface area contributed by atoms with E-state index in [4.69, 9.17) is 5.73 Å². The number of benzene rings is 1. The molecule has 17 heavy (non-hydrogen) atoms. The van der Waals surface area contributed by atoms with E-state index in [0.29, 0.717) is 18.5 Å². The lowest BCUT2D eigenvalue weighted by atomic mass is 9.94. The monoisotopic (exact) mass is 231 g/mol. The van der Waals surface area contributed by atoms with Crippen molar-refractivity contribution in [2.45, 2.75) is 13.0 Å². The summed E-state index contributed by atoms with van der Waals surface area (Å²) < 4.78 is 2.18. The van der Waals surface area contributed by atoms with Gasteiger partial charge < -0.3 is 15.6 Å². The minimum Gasteiger partial charge on any atom is -0.350 e. The molecule has 0 aliphatic rings. The summed E-state index contributed by atoms with van der Waals surface area (Å²) in [5.41, 5.74) is 8.40. The molecule has 0 radical (unpaired) electrons. The second-order valence-electron chi connectivity index (χ2n) is 4.69. The van der Waals surface area contributed by atoms with Gasteiger partial charge in [-0.2, -0.15) is 0 Å². The summed E-state index contributed by atoms with van der Waals surface area (Å²) in [5, 5.41) is 4.70. The van der Waals surface area contributed by atoms with E-state index in [9.17, 15) is 0 Å². The van der Waals surface area contributed by atoms with Gasteiger partial charge in [-0.1, -0.05) is 25.1 Å². The smallest absolute Gasteiger partial charge is 0.0481 e. The molecular formula is C14H21N3. The highest BCUT2D eigenvalue weighted by Gasteiger charge is 2.20. The van der Waals surface area contributed by atoms with E-state index in [1.807, 2.05) is 7.05 Å². The first-order valence-corrected chi connectivity index (χ1v) is 6.10. The highest BCUT2D eigenvalue weighted by atomic mass is 14.9. The predicted octanol–water partition coefficient (Wildman–Crippen LogP) is 2.03. The van der Waals surface area contributed by atoms with E-state index in [0.717, 1.165) is 0 Å². The Morgan fingerprint density at radius 2 is 2.06 bits per heavy atom. The van der Waals surface area contributed by atoms with Crippen molar-refractivity contribution in [2.75, 3.05) is 13.6 Å². The first kappa shape index (κ1) is 12.1. The number of nitrogens with two attached hydrogens (primary N) is 1. The number of hydrogen-bond acceptors (Lipinski definition) is 2. The average molecular weight is 231 g/mol. The van der Waals surface area contributed by atoms with Gasteiger partial charge in [0, 0.05) is 30.2 Å². The summed E-state index contributed by atoms with van der Waals surface area (Å²) in [6.07, 6.45) is 2.21. The zero-order chi connectivity index (χ0) is 12.4. The Balaban J connectivity index is 2.54. The van der Waals surface area contributed by atoms with Crippen molar-refractivity contribution in [3.8, 4) is 0 Å². The highest BCUT2D eigenvalue weighted by molar-refractivity contribution is 5.84. The topological polar surface area (TPSA) is 43.0 Å². The average Bonchev–Trinajstić information content (AvgIpc) is 2.68. The van der Waals surface area contributed by atoms with Crippen LogP contribution < -0.4 is 11.1 Å².